The minimum absolute atomic E-state index is 0.0890. The van der Waals surface area contributed by atoms with Crippen LogP contribution in [0.2, 0.25) is 0 Å². The molecule has 2 heterocycles. The smallest absolute Gasteiger partial charge is 0.255 e. The van der Waals surface area contributed by atoms with Crippen LogP contribution in [-0.4, -0.2) is 36.1 Å². The van der Waals surface area contributed by atoms with E-state index in [4.69, 9.17) is 8.83 Å². The van der Waals surface area contributed by atoms with Gasteiger partial charge in [-0.25, -0.2) is 0 Å². The molecular formula is C27H36N2O4S. The van der Waals surface area contributed by atoms with E-state index in [0.29, 0.717) is 35.1 Å². The number of para-hydroxylation sites is 1. The highest BCUT2D eigenvalue weighted by molar-refractivity contribution is 7.99. The van der Waals surface area contributed by atoms with E-state index >= 15 is 0 Å². The van der Waals surface area contributed by atoms with Crippen LogP contribution in [0.4, 0.5) is 0 Å². The summed E-state index contributed by atoms with van der Waals surface area (Å²) in [4.78, 5) is 26.0. The summed E-state index contributed by atoms with van der Waals surface area (Å²) in [6.07, 6.45) is 6.80. The lowest BCUT2D eigenvalue weighted by Crippen LogP contribution is -2.48. The monoisotopic (exact) mass is 484 g/mol. The maximum atomic E-state index is 13.0. The summed E-state index contributed by atoms with van der Waals surface area (Å²) >= 11 is 1.57. The van der Waals surface area contributed by atoms with E-state index in [-0.39, 0.29) is 23.8 Å². The molecule has 7 heteroatoms. The number of ketones is 1. The molecule has 0 saturated heterocycles. The summed E-state index contributed by atoms with van der Waals surface area (Å²) in [5.41, 5.74) is 1.24. The molecule has 0 fully saturated rings. The Labute approximate surface area is 206 Å². The summed E-state index contributed by atoms with van der Waals surface area (Å²) in [6, 6.07) is 11.0. The molecule has 1 amide bonds. The maximum absolute atomic E-state index is 13.0. The average molecular weight is 485 g/mol. The first kappa shape index (κ1) is 26.1. The van der Waals surface area contributed by atoms with Crippen LogP contribution in [0.15, 0.2) is 57.8 Å². The van der Waals surface area contributed by atoms with Gasteiger partial charge < -0.3 is 19.5 Å². The largest absolute Gasteiger partial charge is 0.468 e. The van der Waals surface area contributed by atoms with Crippen LogP contribution in [0.25, 0.3) is 11.0 Å². The third kappa shape index (κ3) is 7.77. The van der Waals surface area contributed by atoms with Crippen molar-refractivity contribution in [3.8, 4) is 0 Å². The Hall–Kier alpha value is -2.51. The predicted octanol–water partition coefficient (Wildman–Crippen LogP) is 5.82. The SMILES string of the molecule is CCCCC(NCC(CC(C)C)NC(=O)c1coc2ccccc12)C(=O)CSCc1ccco1. The molecule has 34 heavy (non-hydrogen) atoms. The first-order valence-electron chi connectivity index (χ1n) is 12.1. The van der Waals surface area contributed by atoms with Gasteiger partial charge in [-0.1, -0.05) is 51.8 Å². The normalized spacial score (nSPS) is 13.3. The second-order valence-electron chi connectivity index (χ2n) is 9.09. The molecular weight excluding hydrogens is 448 g/mol. The molecule has 0 saturated carbocycles. The minimum atomic E-state index is -0.217. The fourth-order valence-electron chi connectivity index (χ4n) is 4.00. The Morgan fingerprint density at radius 3 is 2.65 bits per heavy atom. The quantitative estimate of drug-likeness (QED) is 0.283. The lowest BCUT2D eigenvalue weighted by Gasteiger charge is -2.24. The van der Waals surface area contributed by atoms with Gasteiger partial charge in [0.15, 0.2) is 5.78 Å². The lowest BCUT2D eigenvalue weighted by molar-refractivity contribution is -0.118. The number of hydrogen-bond donors (Lipinski definition) is 2. The van der Waals surface area contributed by atoms with Crippen LogP contribution in [0.5, 0.6) is 0 Å². The Morgan fingerprint density at radius 2 is 1.91 bits per heavy atom. The van der Waals surface area contributed by atoms with Crippen molar-refractivity contribution < 1.29 is 18.4 Å². The van der Waals surface area contributed by atoms with Gasteiger partial charge in [0.25, 0.3) is 5.91 Å². The zero-order valence-electron chi connectivity index (χ0n) is 20.3. The van der Waals surface area contributed by atoms with Crippen molar-refractivity contribution in [2.45, 2.75) is 64.3 Å². The first-order valence-corrected chi connectivity index (χ1v) is 13.3. The number of carbonyl (C=O) groups is 2. The molecule has 2 unspecified atom stereocenters. The number of unbranched alkanes of at least 4 members (excludes halogenated alkanes) is 1. The average Bonchev–Trinajstić information content (AvgIpc) is 3.48. The second kappa shape index (κ2) is 13.4. The van der Waals surface area contributed by atoms with Gasteiger partial charge >= 0.3 is 0 Å². The number of nitrogens with one attached hydrogen (secondary N) is 2. The molecule has 2 aromatic heterocycles. The van der Waals surface area contributed by atoms with E-state index in [2.05, 4.69) is 31.4 Å². The van der Waals surface area contributed by atoms with Gasteiger partial charge in [-0.15, -0.1) is 11.8 Å². The molecule has 3 rings (SSSR count). The van der Waals surface area contributed by atoms with Crippen LogP contribution < -0.4 is 10.6 Å². The van der Waals surface area contributed by atoms with Crippen molar-refractivity contribution in [2.24, 2.45) is 5.92 Å². The summed E-state index contributed by atoms with van der Waals surface area (Å²) in [5, 5.41) is 7.44. The second-order valence-corrected chi connectivity index (χ2v) is 10.1. The molecule has 184 valence electrons. The number of fused-ring (bicyclic) bond motifs is 1. The Morgan fingerprint density at radius 1 is 1.09 bits per heavy atom. The number of furan rings is 2. The van der Waals surface area contributed by atoms with E-state index in [0.717, 1.165) is 36.8 Å². The van der Waals surface area contributed by atoms with E-state index in [9.17, 15) is 9.59 Å². The van der Waals surface area contributed by atoms with Crippen LogP contribution in [0, 0.1) is 5.92 Å². The molecule has 2 atom stereocenters. The molecule has 3 aromatic rings. The molecule has 0 aliphatic carbocycles. The van der Waals surface area contributed by atoms with Crippen molar-refractivity contribution in [2.75, 3.05) is 12.3 Å². The van der Waals surface area contributed by atoms with Gasteiger partial charge in [-0.2, -0.15) is 0 Å². The minimum Gasteiger partial charge on any atom is -0.468 e. The van der Waals surface area contributed by atoms with Crippen molar-refractivity contribution >= 4 is 34.4 Å². The zero-order valence-corrected chi connectivity index (χ0v) is 21.2. The van der Waals surface area contributed by atoms with E-state index < -0.39 is 0 Å². The molecule has 2 N–H and O–H groups in total. The molecule has 0 aliphatic heterocycles. The van der Waals surface area contributed by atoms with Crippen LogP contribution in [-0.2, 0) is 10.5 Å². The predicted molar refractivity (Wildman–Crippen MR) is 138 cm³/mol. The van der Waals surface area contributed by atoms with E-state index in [1.165, 1.54) is 6.26 Å². The molecule has 0 radical (unpaired) electrons. The Kier molecular flexibility index (Phi) is 10.3. The number of hydrogen-bond acceptors (Lipinski definition) is 6. The maximum Gasteiger partial charge on any atom is 0.255 e. The molecule has 6 nitrogen and oxygen atoms in total. The topological polar surface area (TPSA) is 84.5 Å². The highest BCUT2D eigenvalue weighted by Gasteiger charge is 2.22. The molecule has 0 bridgehead atoms. The number of amides is 1. The summed E-state index contributed by atoms with van der Waals surface area (Å²) in [5.74, 6) is 2.45. The van der Waals surface area contributed by atoms with Gasteiger partial charge in [0.2, 0.25) is 0 Å². The molecule has 1 aromatic carbocycles. The fourth-order valence-corrected chi connectivity index (χ4v) is 4.87. The standard InChI is InChI=1S/C27H36N2O4S/c1-4-5-11-24(25(30)18-34-17-21-9-8-13-32-21)28-15-20(14-19(2)3)29-27(31)23-16-33-26-12-7-6-10-22(23)26/h6-10,12-13,16,19-20,24,28H,4-5,11,14-15,17-18H2,1-3H3,(H,29,31). The highest BCUT2D eigenvalue weighted by Crippen LogP contribution is 2.21. The highest BCUT2D eigenvalue weighted by atomic mass is 32.2. The summed E-state index contributed by atoms with van der Waals surface area (Å²) in [6.45, 7) is 6.95. The van der Waals surface area contributed by atoms with Gasteiger partial charge in [0, 0.05) is 18.0 Å². The molecule has 0 spiro atoms. The third-order valence-corrected chi connectivity index (χ3v) is 6.71. The van der Waals surface area contributed by atoms with E-state index in [1.54, 1.807) is 18.0 Å². The third-order valence-electron chi connectivity index (χ3n) is 5.73. The zero-order chi connectivity index (χ0) is 24.3. The number of rotatable bonds is 15. The van der Waals surface area contributed by atoms with Crippen molar-refractivity contribution in [1.82, 2.24) is 10.6 Å². The van der Waals surface area contributed by atoms with Crippen molar-refractivity contribution in [3.05, 3.63) is 60.2 Å². The van der Waals surface area contributed by atoms with Crippen LogP contribution >= 0.6 is 11.8 Å². The van der Waals surface area contributed by atoms with Crippen molar-refractivity contribution in [1.29, 1.82) is 0 Å². The van der Waals surface area contributed by atoms with Crippen LogP contribution in [0.1, 0.15) is 62.6 Å². The van der Waals surface area contributed by atoms with Crippen molar-refractivity contribution in [3.63, 3.8) is 0 Å². The fraction of sp³-hybridized carbons (Fsp3) is 0.481. The van der Waals surface area contributed by atoms with Crippen LogP contribution in [0.3, 0.4) is 0 Å². The van der Waals surface area contributed by atoms with Gasteiger partial charge in [-0.3, -0.25) is 9.59 Å². The molecule has 0 aliphatic rings. The number of carbonyl (C=O) groups excluding carboxylic acids is 2. The van der Waals surface area contributed by atoms with E-state index in [1.807, 2.05) is 36.4 Å². The first-order chi connectivity index (χ1) is 16.5. The Bertz CT molecular complexity index is 1030. The summed E-state index contributed by atoms with van der Waals surface area (Å²) < 4.78 is 10.9. The van der Waals surface area contributed by atoms with Gasteiger partial charge in [-0.05, 0) is 37.0 Å². The summed E-state index contributed by atoms with van der Waals surface area (Å²) in [7, 11) is 0. The van der Waals surface area contributed by atoms with Gasteiger partial charge in [0.1, 0.15) is 17.6 Å². The Balaban J connectivity index is 1.59. The number of Topliss-reactive ketones (excluding diaryl/α,β-unsaturated/α-hetero) is 1. The number of thioether (sulfide) groups is 1. The lowest BCUT2D eigenvalue weighted by atomic mass is 10.0. The van der Waals surface area contributed by atoms with Gasteiger partial charge in [0.05, 0.1) is 29.4 Å². The number of benzene rings is 1.